The van der Waals surface area contributed by atoms with Crippen LogP contribution in [0.25, 0.3) is 0 Å². The molecule has 1 unspecified atom stereocenters. The number of aromatic nitrogens is 3. The molecular weight excluding hydrogens is 342 g/mol. The molecule has 2 N–H and O–H groups in total. The third-order valence-electron chi connectivity index (χ3n) is 2.47. The number of pyridine rings is 1. The monoisotopic (exact) mass is 355 g/mol. The highest BCUT2D eigenvalue weighted by Crippen LogP contribution is 2.29. The maximum absolute atomic E-state index is 12.2. The third-order valence-corrected chi connectivity index (χ3v) is 4.83. The van der Waals surface area contributed by atoms with Crippen LogP contribution in [0.15, 0.2) is 35.3 Å². The number of amides is 1. The standard InChI is InChI=1S/C13H14ClN5OS2/c1-3-6-16-12-18-19-13(22-12)21-8(2)11(20)17-9-5-4-7-15-10(9)14/h3-5,7-8H,1,6H2,2H3,(H,16,18)(H,17,20). The summed E-state index contributed by atoms with van der Waals surface area (Å²) in [5, 5.41) is 14.4. The summed E-state index contributed by atoms with van der Waals surface area (Å²) < 4.78 is 0.714. The van der Waals surface area contributed by atoms with Gasteiger partial charge in [0.05, 0.1) is 10.9 Å². The molecule has 2 aromatic rings. The van der Waals surface area contributed by atoms with Crippen molar-refractivity contribution in [3.8, 4) is 0 Å². The second kappa shape index (κ2) is 8.11. The molecule has 0 aromatic carbocycles. The molecule has 9 heteroatoms. The number of thioether (sulfide) groups is 1. The zero-order chi connectivity index (χ0) is 15.9. The Balaban J connectivity index is 1.92. The molecule has 0 saturated carbocycles. The Morgan fingerprint density at radius 2 is 2.41 bits per heavy atom. The summed E-state index contributed by atoms with van der Waals surface area (Å²) in [5.74, 6) is -0.171. The van der Waals surface area contributed by atoms with E-state index in [0.717, 1.165) is 0 Å². The number of hydrogen-bond donors (Lipinski definition) is 2. The van der Waals surface area contributed by atoms with E-state index in [-0.39, 0.29) is 16.3 Å². The van der Waals surface area contributed by atoms with Gasteiger partial charge in [-0.1, -0.05) is 40.8 Å². The Labute approximate surface area is 141 Å². The van der Waals surface area contributed by atoms with Gasteiger partial charge >= 0.3 is 0 Å². The van der Waals surface area contributed by atoms with Crippen molar-refractivity contribution in [3.63, 3.8) is 0 Å². The lowest BCUT2D eigenvalue weighted by molar-refractivity contribution is -0.115. The van der Waals surface area contributed by atoms with Crippen LogP contribution >= 0.6 is 34.7 Å². The van der Waals surface area contributed by atoms with Crippen molar-refractivity contribution in [1.82, 2.24) is 15.2 Å². The van der Waals surface area contributed by atoms with E-state index in [9.17, 15) is 4.79 Å². The van der Waals surface area contributed by atoms with Gasteiger partial charge in [0.25, 0.3) is 0 Å². The minimum atomic E-state index is -0.337. The van der Waals surface area contributed by atoms with Gasteiger partial charge in [-0.2, -0.15) is 0 Å². The molecule has 0 bridgehead atoms. The fraction of sp³-hybridized carbons (Fsp3) is 0.231. The molecule has 0 aliphatic heterocycles. The van der Waals surface area contributed by atoms with Crippen LogP contribution < -0.4 is 10.6 Å². The molecule has 0 radical (unpaired) electrons. The summed E-state index contributed by atoms with van der Waals surface area (Å²) >= 11 is 8.64. The smallest absolute Gasteiger partial charge is 0.237 e. The van der Waals surface area contributed by atoms with Gasteiger partial charge in [-0.25, -0.2) is 4.98 Å². The van der Waals surface area contributed by atoms with Crippen LogP contribution in [-0.2, 0) is 4.79 Å². The number of rotatable bonds is 7. The van der Waals surface area contributed by atoms with E-state index in [1.807, 2.05) is 0 Å². The quantitative estimate of drug-likeness (QED) is 0.450. The largest absolute Gasteiger partial charge is 0.357 e. The molecule has 0 saturated heterocycles. The first-order valence-corrected chi connectivity index (χ1v) is 8.44. The fourth-order valence-corrected chi connectivity index (χ4v) is 3.48. The van der Waals surface area contributed by atoms with Crippen LogP contribution in [0.1, 0.15) is 6.92 Å². The molecule has 1 atom stereocenters. The highest BCUT2D eigenvalue weighted by atomic mass is 35.5. The van der Waals surface area contributed by atoms with E-state index in [4.69, 9.17) is 11.6 Å². The van der Waals surface area contributed by atoms with Crippen LogP contribution in [0.5, 0.6) is 0 Å². The highest BCUT2D eigenvalue weighted by Gasteiger charge is 2.18. The fourth-order valence-electron chi connectivity index (χ4n) is 1.41. The number of nitrogens with one attached hydrogen (secondary N) is 2. The third kappa shape index (κ3) is 4.69. The van der Waals surface area contributed by atoms with Crippen molar-refractivity contribution in [2.45, 2.75) is 16.5 Å². The van der Waals surface area contributed by atoms with Crippen molar-refractivity contribution >= 4 is 51.4 Å². The Hall–Kier alpha value is -1.64. The first-order chi connectivity index (χ1) is 10.6. The lowest BCUT2D eigenvalue weighted by Gasteiger charge is -2.10. The predicted octanol–water partition coefficient (Wildman–Crippen LogP) is 3.30. The maximum Gasteiger partial charge on any atom is 0.237 e. The van der Waals surface area contributed by atoms with Gasteiger partial charge in [-0.05, 0) is 19.1 Å². The lowest BCUT2D eigenvalue weighted by Crippen LogP contribution is -2.22. The van der Waals surface area contributed by atoms with E-state index in [1.165, 1.54) is 23.1 Å². The van der Waals surface area contributed by atoms with Gasteiger partial charge in [0, 0.05) is 12.7 Å². The molecule has 2 heterocycles. The van der Waals surface area contributed by atoms with Gasteiger partial charge in [-0.3, -0.25) is 4.79 Å². The van der Waals surface area contributed by atoms with Gasteiger partial charge < -0.3 is 10.6 Å². The highest BCUT2D eigenvalue weighted by molar-refractivity contribution is 8.02. The van der Waals surface area contributed by atoms with Crippen molar-refractivity contribution in [2.24, 2.45) is 0 Å². The summed E-state index contributed by atoms with van der Waals surface area (Å²) in [4.78, 5) is 16.1. The van der Waals surface area contributed by atoms with Gasteiger partial charge in [-0.15, -0.1) is 16.8 Å². The number of hydrogen-bond acceptors (Lipinski definition) is 7. The Kier molecular flexibility index (Phi) is 6.17. The van der Waals surface area contributed by atoms with Gasteiger partial charge in [0.15, 0.2) is 9.49 Å². The molecule has 0 aliphatic carbocycles. The van der Waals surface area contributed by atoms with Crippen molar-refractivity contribution in [1.29, 1.82) is 0 Å². The minimum Gasteiger partial charge on any atom is -0.357 e. The molecule has 22 heavy (non-hydrogen) atoms. The Bertz CT molecular complexity index is 663. The first-order valence-electron chi connectivity index (χ1n) is 6.36. The number of anilines is 2. The topological polar surface area (TPSA) is 79.8 Å². The SMILES string of the molecule is C=CCNc1nnc(SC(C)C(=O)Nc2cccnc2Cl)s1. The van der Waals surface area contributed by atoms with Crippen molar-refractivity contribution in [2.75, 3.05) is 17.2 Å². The van der Waals surface area contributed by atoms with Crippen LogP contribution in [0.3, 0.4) is 0 Å². The van der Waals surface area contributed by atoms with Gasteiger partial charge in [0.1, 0.15) is 0 Å². The lowest BCUT2D eigenvalue weighted by atomic mass is 10.4. The number of halogens is 1. The molecular formula is C13H14ClN5OS2. The van der Waals surface area contributed by atoms with E-state index in [0.29, 0.717) is 21.7 Å². The van der Waals surface area contributed by atoms with Crippen molar-refractivity contribution in [3.05, 3.63) is 36.1 Å². The average molecular weight is 356 g/mol. The first kappa shape index (κ1) is 16.7. The second-order valence-corrected chi connectivity index (χ2v) is 7.06. The van der Waals surface area contributed by atoms with Crippen LogP contribution in [0, 0.1) is 0 Å². The van der Waals surface area contributed by atoms with E-state index >= 15 is 0 Å². The molecule has 0 aliphatic rings. The predicted molar refractivity (Wildman–Crippen MR) is 91.8 cm³/mol. The second-order valence-electron chi connectivity index (χ2n) is 4.13. The summed E-state index contributed by atoms with van der Waals surface area (Å²) in [6.45, 7) is 6.04. The van der Waals surface area contributed by atoms with Crippen molar-refractivity contribution < 1.29 is 4.79 Å². The summed E-state index contributed by atoms with van der Waals surface area (Å²) in [5.41, 5.74) is 0.493. The molecule has 1 amide bonds. The molecule has 0 fully saturated rings. The molecule has 2 aromatic heterocycles. The molecule has 0 spiro atoms. The molecule has 6 nitrogen and oxygen atoms in total. The Morgan fingerprint density at radius 1 is 1.59 bits per heavy atom. The summed E-state index contributed by atoms with van der Waals surface area (Å²) in [6, 6.07) is 3.41. The van der Waals surface area contributed by atoms with Crippen LogP contribution in [-0.4, -0.2) is 32.9 Å². The van der Waals surface area contributed by atoms with E-state index in [1.54, 1.807) is 31.3 Å². The molecule has 116 valence electrons. The van der Waals surface area contributed by atoms with Crippen LogP contribution in [0.2, 0.25) is 5.15 Å². The van der Waals surface area contributed by atoms with Gasteiger partial charge in [0.2, 0.25) is 11.0 Å². The zero-order valence-electron chi connectivity index (χ0n) is 11.7. The van der Waals surface area contributed by atoms with E-state index < -0.39 is 0 Å². The molecule has 2 rings (SSSR count). The average Bonchev–Trinajstić information content (AvgIpc) is 2.94. The number of nitrogens with zero attached hydrogens (tertiary/aromatic N) is 3. The normalized spacial score (nSPS) is 11.7. The number of carbonyl (C=O) groups excluding carboxylic acids is 1. The minimum absolute atomic E-state index is 0.171. The van der Waals surface area contributed by atoms with Crippen LogP contribution in [0.4, 0.5) is 10.8 Å². The zero-order valence-corrected chi connectivity index (χ0v) is 14.1. The number of carbonyl (C=O) groups is 1. The summed E-state index contributed by atoms with van der Waals surface area (Å²) in [7, 11) is 0. The summed E-state index contributed by atoms with van der Waals surface area (Å²) in [6.07, 6.45) is 3.30. The Morgan fingerprint density at radius 3 is 3.14 bits per heavy atom. The van der Waals surface area contributed by atoms with E-state index in [2.05, 4.69) is 32.4 Å². The maximum atomic E-state index is 12.2.